The second kappa shape index (κ2) is 7.57. The monoisotopic (exact) mass is 314 g/mol. The Balaban J connectivity index is 1.72. The van der Waals surface area contributed by atoms with Crippen molar-refractivity contribution in [2.75, 3.05) is 18.9 Å². The molecule has 0 saturated carbocycles. The van der Waals surface area contributed by atoms with Crippen LogP contribution in [0.15, 0.2) is 48.5 Å². The van der Waals surface area contributed by atoms with E-state index in [0.717, 1.165) is 43.8 Å². The predicted octanol–water partition coefficient (Wildman–Crippen LogP) is 3.59. The second-order valence-electron chi connectivity index (χ2n) is 6.18. The molecular weight excluding hydrogens is 291 g/mol. The molecule has 2 aromatic rings. The van der Waals surface area contributed by atoms with Gasteiger partial charge in [0.2, 0.25) is 0 Å². The molecule has 0 spiro atoms. The van der Waals surface area contributed by atoms with E-state index in [2.05, 4.69) is 11.0 Å². The van der Waals surface area contributed by atoms with Crippen molar-refractivity contribution in [1.29, 1.82) is 0 Å². The molecule has 1 fully saturated rings. The van der Waals surface area contributed by atoms with Crippen molar-refractivity contribution in [2.45, 2.75) is 32.0 Å². The van der Waals surface area contributed by atoms with Gasteiger partial charge in [-0.15, -0.1) is 0 Å². The lowest BCUT2D eigenvalue weighted by Crippen LogP contribution is -2.31. The quantitative estimate of drug-likeness (QED) is 0.828. The van der Waals surface area contributed by atoms with Crippen LogP contribution in [0, 0.1) is 5.82 Å². The maximum atomic E-state index is 13.4. The third-order valence-electron chi connectivity index (χ3n) is 4.14. The third kappa shape index (κ3) is 4.78. The molecule has 1 unspecified atom stereocenters. The van der Waals surface area contributed by atoms with Gasteiger partial charge in [-0.1, -0.05) is 24.3 Å². The molecule has 0 amide bonds. The minimum absolute atomic E-state index is 0.191. The number of benzene rings is 2. The van der Waals surface area contributed by atoms with Crippen LogP contribution in [0.4, 0.5) is 10.1 Å². The first kappa shape index (κ1) is 16.0. The van der Waals surface area contributed by atoms with E-state index in [0.29, 0.717) is 6.54 Å². The molecule has 0 radical (unpaired) electrons. The Morgan fingerprint density at radius 3 is 2.48 bits per heavy atom. The summed E-state index contributed by atoms with van der Waals surface area (Å²) in [6.07, 6.45) is 2.48. The van der Waals surface area contributed by atoms with Crippen LogP contribution in [0.25, 0.3) is 0 Å². The van der Waals surface area contributed by atoms with Gasteiger partial charge in [-0.3, -0.25) is 4.90 Å². The lowest BCUT2D eigenvalue weighted by molar-refractivity contribution is 0.0679. The fraction of sp³-hybridized carbons (Fsp3) is 0.368. The summed E-state index contributed by atoms with van der Waals surface area (Å²) in [5.74, 6) is -0.191. The van der Waals surface area contributed by atoms with Gasteiger partial charge in [-0.25, -0.2) is 4.39 Å². The zero-order valence-corrected chi connectivity index (χ0v) is 13.2. The summed E-state index contributed by atoms with van der Waals surface area (Å²) in [5, 5.41) is 0. The highest BCUT2D eigenvalue weighted by Crippen LogP contribution is 2.18. The van der Waals surface area contributed by atoms with E-state index in [9.17, 15) is 4.39 Å². The second-order valence-corrected chi connectivity index (χ2v) is 6.18. The molecule has 122 valence electrons. The first-order chi connectivity index (χ1) is 11.2. The van der Waals surface area contributed by atoms with Gasteiger partial charge in [-0.2, -0.15) is 0 Å². The van der Waals surface area contributed by atoms with Crippen molar-refractivity contribution in [3.63, 3.8) is 0 Å². The Labute approximate surface area is 136 Å². The van der Waals surface area contributed by atoms with Crippen LogP contribution in [0.1, 0.15) is 24.0 Å². The van der Waals surface area contributed by atoms with E-state index in [1.165, 1.54) is 11.6 Å². The lowest BCUT2D eigenvalue weighted by Gasteiger charge is -2.25. The van der Waals surface area contributed by atoms with Crippen molar-refractivity contribution in [1.82, 2.24) is 4.90 Å². The minimum atomic E-state index is -0.191. The van der Waals surface area contributed by atoms with E-state index >= 15 is 0 Å². The molecule has 2 N–H and O–H groups in total. The maximum Gasteiger partial charge on any atom is 0.123 e. The Bertz CT molecular complexity index is 593. The third-order valence-corrected chi connectivity index (χ3v) is 4.14. The topological polar surface area (TPSA) is 38.5 Å². The van der Waals surface area contributed by atoms with Crippen molar-refractivity contribution in [2.24, 2.45) is 0 Å². The number of nitrogen functional groups attached to an aromatic ring is 1. The van der Waals surface area contributed by atoms with Crippen LogP contribution >= 0.6 is 0 Å². The van der Waals surface area contributed by atoms with Crippen LogP contribution in [0.3, 0.4) is 0 Å². The fourth-order valence-electron chi connectivity index (χ4n) is 3.10. The standard InChI is InChI=1S/C19H23FN2O/c20-17-6-1-4-15(10-17)12-22(14-19-8-3-9-23-19)13-16-5-2-7-18(21)11-16/h1-2,4-7,10-11,19H,3,8-9,12-14,21H2. The van der Waals surface area contributed by atoms with Gasteiger partial charge in [0.25, 0.3) is 0 Å². The van der Waals surface area contributed by atoms with Crippen molar-refractivity contribution < 1.29 is 9.13 Å². The first-order valence-corrected chi connectivity index (χ1v) is 8.12. The number of nitrogens with zero attached hydrogens (tertiary/aromatic N) is 1. The Hall–Kier alpha value is -1.91. The van der Waals surface area contributed by atoms with Gasteiger partial charge in [0.1, 0.15) is 5.82 Å². The molecule has 0 aliphatic carbocycles. The fourth-order valence-corrected chi connectivity index (χ4v) is 3.10. The molecule has 0 aromatic heterocycles. The summed E-state index contributed by atoms with van der Waals surface area (Å²) in [5.41, 5.74) is 8.79. The molecule has 1 aliphatic heterocycles. The smallest absolute Gasteiger partial charge is 0.123 e. The molecule has 1 heterocycles. The van der Waals surface area contributed by atoms with Gasteiger partial charge >= 0.3 is 0 Å². The van der Waals surface area contributed by atoms with Gasteiger partial charge in [0, 0.05) is 31.9 Å². The molecule has 4 heteroatoms. The molecule has 1 saturated heterocycles. The molecule has 3 nitrogen and oxygen atoms in total. The van der Waals surface area contributed by atoms with Crippen molar-refractivity contribution >= 4 is 5.69 Å². The SMILES string of the molecule is Nc1cccc(CN(Cc2cccc(F)c2)CC2CCCO2)c1. The summed E-state index contributed by atoms with van der Waals surface area (Å²) in [4.78, 5) is 2.31. The average molecular weight is 314 g/mol. The zero-order valence-electron chi connectivity index (χ0n) is 13.2. The summed E-state index contributed by atoms with van der Waals surface area (Å²) >= 11 is 0. The maximum absolute atomic E-state index is 13.4. The molecule has 1 atom stereocenters. The Kier molecular flexibility index (Phi) is 5.26. The van der Waals surface area contributed by atoms with E-state index < -0.39 is 0 Å². The average Bonchev–Trinajstić information content (AvgIpc) is 3.00. The summed E-state index contributed by atoms with van der Waals surface area (Å²) in [7, 11) is 0. The summed E-state index contributed by atoms with van der Waals surface area (Å²) in [6, 6.07) is 14.7. The molecule has 23 heavy (non-hydrogen) atoms. The molecular formula is C19H23FN2O. The van der Waals surface area contributed by atoms with Gasteiger partial charge in [0.05, 0.1) is 6.10 Å². The molecule has 2 aromatic carbocycles. The van der Waals surface area contributed by atoms with Gasteiger partial charge < -0.3 is 10.5 Å². The number of hydrogen-bond donors (Lipinski definition) is 1. The molecule has 0 bridgehead atoms. The highest BCUT2D eigenvalue weighted by Gasteiger charge is 2.19. The number of nitrogens with two attached hydrogens (primary N) is 1. The summed E-state index contributed by atoms with van der Waals surface area (Å²) in [6.45, 7) is 3.18. The van der Waals surface area contributed by atoms with Crippen LogP contribution < -0.4 is 5.73 Å². The van der Waals surface area contributed by atoms with Gasteiger partial charge in [-0.05, 0) is 48.2 Å². The van der Waals surface area contributed by atoms with Crippen molar-refractivity contribution in [3.8, 4) is 0 Å². The zero-order chi connectivity index (χ0) is 16.1. The highest BCUT2D eigenvalue weighted by atomic mass is 19.1. The first-order valence-electron chi connectivity index (χ1n) is 8.12. The van der Waals surface area contributed by atoms with E-state index in [1.807, 2.05) is 24.3 Å². The Morgan fingerprint density at radius 1 is 1.09 bits per heavy atom. The van der Waals surface area contributed by atoms with Crippen LogP contribution in [0.2, 0.25) is 0 Å². The number of halogens is 1. The minimum Gasteiger partial charge on any atom is -0.399 e. The Morgan fingerprint density at radius 2 is 1.83 bits per heavy atom. The lowest BCUT2D eigenvalue weighted by atomic mass is 10.1. The van der Waals surface area contributed by atoms with E-state index in [4.69, 9.17) is 10.5 Å². The number of hydrogen-bond acceptors (Lipinski definition) is 3. The van der Waals surface area contributed by atoms with E-state index in [1.54, 1.807) is 12.1 Å². The largest absolute Gasteiger partial charge is 0.399 e. The van der Waals surface area contributed by atoms with Crippen LogP contribution in [-0.4, -0.2) is 24.2 Å². The highest BCUT2D eigenvalue weighted by molar-refractivity contribution is 5.40. The molecule has 1 aliphatic rings. The normalized spacial score (nSPS) is 17.7. The van der Waals surface area contributed by atoms with Gasteiger partial charge in [0.15, 0.2) is 0 Å². The van der Waals surface area contributed by atoms with Crippen LogP contribution in [0.5, 0.6) is 0 Å². The predicted molar refractivity (Wildman–Crippen MR) is 90.3 cm³/mol. The van der Waals surface area contributed by atoms with Crippen molar-refractivity contribution in [3.05, 3.63) is 65.5 Å². The number of rotatable bonds is 6. The van der Waals surface area contributed by atoms with E-state index in [-0.39, 0.29) is 11.9 Å². The number of anilines is 1. The summed E-state index contributed by atoms with van der Waals surface area (Å²) < 4.78 is 19.2. The molecule has 3 rings (SSSR count). The number of ether oxygens (including phenoxy) is 1. The van der Waals surface area contributed by atoms with Crippen LogP contribution in [-0.2, 0) is 17.8 Å².